The third-order valence-corrected chi connectivity index (χ3v) is 3.96. The van der Waals surface area contributed by atoms with Crippen molar-refractivity contribution >= 4 is 18.0 Å². The average molecular weight is 327 g/mol. The number of carboxylic acids is 1. The van der Waals surface area contributed by atoms with Gasteiger partial charge in [-0.1, -0.05) is 19.3 Å². The first kappa shape index (κ1) is 17.1. The Morgan fingerprint density at radius 2 is 1.74 bits per heavy atom. The molecule has 0 bridgehead atoms. The SMILES string of the molecule is O=C(C=Cc1ccc(F)c(F)c1F)NC1(C(=O)O)CCCCC1. The molecule has 0 aromatic heterocycles. The molecule has 0 spiro atoms. The Balaban J connectivity index is 2.12. The van der Waals surface area contributed by atoms with Gasteiger partial charge in [0.2, 0.25) is 5.91 Å². The zero-order valence-corrected chi connectivity index (χ0v) is 12.2. The number of aliphatic carboxylic acids is 1. The van der Waals surface area contributed by atoms with E-state index < -0.39 is 34.9 Å². The molecule has 1 amide bonds. The molecule has 1 saturated carbocycles. The lowest BCUT2D eigenvalue weighted by atomic mass is 9.81. The predicted octanol–water partition coefficient (Wildman–Crippen LogP) is 3.02. The van der Waals surface area contributed by atoms with E-state index in [9.17, 15) is 27.9 Å². The van der Waals surface area contributed by atoms with Crippen LogP contribution in [0.3, 0.4) is 0 Å². The van der Waals surface area contributed by atoms with E-state index in [4.69, 9.17) is 0 Å². The number of halogens is 3. The van der Waals surface area contributed by atoms with Crippen LogP contribution in [0.4, 0.5) is 13.2 Å². The minimum Gasteiger partial charge on any atom is -0.480 e. The fourth-order valence-corrected chi connectivity index (χ4v) is 2.66. The molecule has 0 atom stereocenters. The highest BCUT2D eigenvalue weighted by Gasteiger charge is 2.40. The maximum atomic E-state index is 13.5. The summed E-state index contributed by atoms with van der Waals surface area (Å²) in [7, 11) is 0. The lowest BCUT2D eigenvalue weighted by Gasteiger charge is -2.33. The molecular formula is C16H16F3NO3. The normalized spacial score (nSPS) is 17.2. The van der Waals surface area contributed by atoms with Crippen LogP contribution in [-0.4, -0.2) is 22.5 Å². The Morgan fingerprint density at radius 3 is 2.35 bits per heavy atom. The molecular weight excluding hydrogens is 311 g/mol. The molecule has 7 heteroatoms. The molecule has 2 N–H and O–H groups in total. The fourth-order valence-electron chi connectivity index (χ4n) is 2.66. The molecule has 0 radical (unpaired) electrons. The largest absolute Gasteiger partial charge is 0.480 e. The van der Waals surface area contributed by atoms with Crippen molar-refractivity contribution in [3.63, 3.8) is 0 Å². The molecule has 1 aliphatic carbocycles. The van der Waals surface area contributed by atoms with E-state index >= 15 is 0 Å². The van der Waals surface area contributed by atoms with E-state index in [0.29, 0.717) is 25.7 Å². The molecule has 0 saturated heterocycles. The Kier molecular flexibility index (Phi) is 5.08. The van der Waals surface area contributed by atoms with Gasteiger partial charge in [0.05, 0.1) is 0 Å². The van der Waals surface area contributed by atoms with Crippen molar-refractivity contribution in [3.05, 3.63) is 41.2 Å². The van der Waals surface area contributed by atoms with Crippen molar-refractivity contribution in [2.24, 2.45) is 0 Å². The van der Waals surface area contributed by atoms with Crippen LogP contribution in [-0.2, 0) is 9.59 Å². The van der Waals surface area contributed by atoms with Crippen LogP contribution >= 0.6 is 0 Å². The third kappa shape index (κ3) is 3.72. The van der Waals surface area contributed by atoms with Gasteiger partial charge in [0.25, 0.3) is 0 Å². The summed E-state index contributed by atoms with van der Waals surface area (Å²) in [5.41, 5.74) is -1.63. The Morgan fingerprint density at radius 1 is 1.09 bits per heavy atom. The summed E-state index contributed by atoms with van der Waals surface area (Å²) in [5, 5.41) is 11.8. The molecule has 0 heterocycles. The summed E-state index contributed by atoms with van der Waals surface area (Å²) in [6.07, 6.45) is 4.81. The van der Waals surface area contributed by atoms with Crippen LogP contribution in [0.15, 0.2) is 18.2 Å². The van der Waals surface area contributed by atoms with Gasteiger partial charge in [-0.25, -0.2) is 18.0 Å². The number of benzene rings is 1. The van der Waals surface area contributed by atoms with E-state index in [-0.39, 0.29) is 5.56 Å². The lowest BCUT2D eigenvalue weighted by Crippen LogP contribution is -2.55. The van der Waals surface area contributed by atoms with Gasteiger partial charge in [0.1, 0.15) is 5.54 Å². The summed E-state index contributed by atoms with van der Waals surface area (Å²) < 4.78 is 39.4. The molecule has 23 heavy (non-hydrogen) atoms. The highest BCUT2D eigenvalue weighted by molar-refractivity contribution is 5.95. The number of rotatable bonds is 4. The van der Waals surface area contributed by atoms with Gasteiger partial charge in [-0.2, -0.15) is 0 Å². The second-order valence-electron chi connectivity index (χ2n) is 5.54. The van der Waals surface area contributed by atoms with E-state index in [1.807, 2.05) is 0 Å². The van der Waals surface area contributed by atoms with Gasteiger partial charge in [0.15, 0.2) is 17.5 Å². The number of carbonyl (C=O) groups excluding carboxylic acids is 1. The predicted molar refractivity (Wildman–Crippen MR) is 76.9 cm³/mol. The van der Waals surface area contributed by atoms with E-state index in [2.05, 4.69) is 5.32 Å². The van der Waals surface area contributed by atoms with Gasteiger partial charge >= 0.3 is 5.97 Å². The van der Waals surface area contributed by atoms with Crippen LogP contribution in [0.5, 0.6) is 0 Å². The van der Waals surface area contributed by atoms with Gasteiger partial charge in [0, 0.05) is 11.6 Å². The van der Waals surface area contributed by atoms with E-state index in [0.717, 1.165) is 30.7 Å². The van der Waals surface area contributed by atoms with Crippen LogP contribution < -0.4 is 5.32 Å². The molecule has 2 rings (SSSR count). The lowest BCUT2D eigenvalue weighted by molar-refractivity contribution is -0.148. The fraction of sp³-hybridized carbons (Fsp3) is 0.375. The molecule has 1 aliphatic rings. The first-order valence-corrected chi connectivity index (χ1v) is 7.23. The summed E-state index contributed by atoms with van der Waals surface area (Å²) in [4.78, 5) is 23.3. The van der Waals surface area contributed by atoms with E-state index in [1.54, 1.807) is 0 Å². The third-order valence-electron chi connectivity index (χ3n) is 3.96. The highest BCUT2D eigenvalue weighted by atomic mass is 19.2. The highest BCUT2D eigenvalue weighted by Crippen LogP contribution is 2.28. The maximum Gasteiger partial charge on any atom is 0.329 e. The van der Waals surface area contributed by atoms with Crippen LogP contribution in [0.1, 0.15) is 37.7 Å². The molecule has 124 valence electrons. The van der Waals surface area contributed by atoms with Crippen molar-refractivity contribution in [1.82, 2.24) is 5.32 Å². The average Bonchev–Trinajstić information content (AvgIpc) is 2.52. The van der Waals surface area contributed by atoms with Crippen molar-refractivity contribution in [1.29, 1.82) is 0 Å². The molecule has 0 aliphatic heterocycles. The topological polar surface area (TPSA) is 66.4 Å². The molecule has 4 nitrogen and oxygen atoms in total. The molecule has 1 aromatic rings. The molecule has 0 unspecified atom stereocenters. The number of nitrogens with one attached hydrogen (secondary N) is 1. The molecule has 1 fully saturated rings. The first-order chi connectivity index (χ1) is 10.9. The number of carboxylic acid groups (broad SMARTS) is 1. The minimum absolute atomic E-state index is 0.299. The van der Waals surface area contributed by atoms with Gasteiger partial charge in [-0.15, -0.1) is 0 Å². The van der Waals surface area contributed by atoms with Crippen molar-refractivity contribution in [3.8, 4) is 0 Å². The van der Waals surface area contributed by atoms with E-state index in [1.165, 1.54) is 0 Å². The number of hydrogen-bond donors (Lipinski definition) is 2. The summed E-state index contributed by atoms with van der Waals surface area (Å²) in [5.74, 6) is -6.19. The van der Waals surface area contributed by atoms with Crippen LogP contribution in [0, 0.1) is 17.5 Å². The summed E-state index contributed by atoms with van der Waals surface area (Å²) in [6.45, 7) is 0. The summed E-state index contributed by atoms with van der Waals surface area (Å²) in [6, 6.07) is 1.74. The standard InChI is InChI=1S/C16H16F3NO3/c17-11-6-4-10(13(18)14(11)19)5-7-12(21)20-16(15(22)23)8-2-1-3-9-16/h4-7H,1-3,8-9H2,(H,20,21)(H,22,23). The van der Waals surface area contributed by atoms with Gasteiger partial charge in [-0.3, -0.25) is 4.79 Å². The quantitative estimate of drug-likeness (QED) is 0.660. The number of carbonyl (C=O) groups is 2. The first-order valence-electron chi connectivity index (χ1n) is 7.23. The molecule has 1 aromatic carbocycles. The zero-order valence-electron chi connectivity index (χ0n) is 12.2. The zero-order chi connectivity index (χ0) is 17.0. The van der Waals surface area contributed by atoms with Crippen molar-refractivity contribution in [2.75, 3.05) is 0 Å². The maximum absolute atomic E-state index is 13.5. The van der Waals surface area contributed by atoms with Crippen molar-refractivity contribution in [2.45, 2.75) is 37.6 Å². The number of hydrogen-bond acceptors (Lipinski definition) is 2. The smallest absolute Gasteiger partial charge is 0.329 e. The van der Waals surface area contributed by atoms with Crippen LogP contribution in [0.25, 0.3) is 6.08 Å². The monoisotopic (exact) mass is 327 g/mol. The Labute approximate surface area is 131 Å². The van der Waals surface area contributed by atoms with Gasteiger partial charge in [-0.05, 0) is 31.1 Å². The van der Waals surface area contributed by atoms with Gasteiger partial charge < -0.3 is 10.4 Å². The van der Waals surface area contributed by atoms with Crippen molar-refractivity contribution < 1.29 is 27.9 Å². The van der Waals surface area contributed by atoms with Crippen LogP contribution in [0.2, 0.25) is 0 Å². The summed E-state index contributed by atoms with van der Waals surface area (Å²) >= 11 is 0. The Hall–Kier alpha value is -2.31. The number of amides is 1. The minimum atomic E-state index is -1.62. The second-order valence-corrected chi connectivity index (χ2v) is 5.54. The second kappa shape index (κ2) is 6.85. The Bertz CT molecular complexity index is 652.